The number of carbonyl (C=O) groups is 2. The molecule has 6 N–H and O–H groups in total. The topological polar surface area (TPSA) is 256 Å². The van der Waals surface area contributed by atoms with Gasteiger partial charge in [0.25, 0.3) is 7.82 Å². The molecule has 2 aliphatic rings. The molecule has 2 aliphatic carbocycles. The number of phosphoric ester groups is 1. The fourth-order valence-electron chi connectivity index (χ4n) is 4.81. The number of hydrogen-bond donors (Lipinski definition) is 6. The molecule has 0 aliphatic heterocycles. The van der Waals surface area contributed by atoms with Crippen LogP contribution < -0.4 is 79.5 Å². The summed E-state index contributed by atoms with van der Waals surface area (Å²) in [6.07, 6.45) is -9.44. The van der Waals surface area contributed by atoms with Crippen molar-refractivity contribution in [2.75, 3.05) is 27.0 Å². The Morgan fingerprint density at radius 3 is 1.57 bits per heavy atom. The molecule has 2 rings (SSSR count). The Bertz CT molecular complexity index is 930. The molecule has 2 amide bonds. The number of aliphatic hydroxyl groups excluding tert-OH is 4. The number of hydrogen-bond acceptors (Lipinski definition) is 14. The van der Waals surface area contributed by atoms with Crippen LogP contribution in [-0.4, -0.2) is 108 Å². The summed E-state index contributed by atoms with van der Waals surface area (Å²) in [5.74, 6) is -3.14. The number of methoxy groups -OCH3 is 1. The first-order valence-electron chi connectivity index (χ1n) is 11.8. The molecular formula is C20H36N2Na2O14P2. The van der Waals surface area contributed by atoms with E-state index in [0.29, 0.717) is 0 Å². The zero-order valence-electron chi connectivity index (χ0n) is 23.4. The average molecular weight is 636 g/mol. The van der Waals surface area contributed by atoms with Gasteiger partial charge in [0, 0.05) is 39.5 Å². The minimum atomic E-state index is -5.20. The van der Waals surface area contributed by atoms with E-state index in [1.807, 2.05) is 0 Å². The smallest absolute Gasteiger partial charge is 0.779 e. The van der Waals surface area contributed by atoms with Crippen LogP contribution in [0.5, 0.6) is 0 Å². The summed E-state index contributed by atoms with van der Waals surface area (Å²) in [6.45, 7) is 2.22. The van der Waals surface area contributed by atoms with Gasteiger partial charge in [-0.3, -0.25) is 14.2 Å². The number of aliphatic hydroxyl groups is 4. The third-order valence-corrected chi connectivity index (χ3v) is 8.08. The molecule has 0 aromatic carbocycles. The van der Waals surface area contributed by atoms with Crippen molar-refractivity contribution in [3.63, 3.8) is 0 Å². The van der Waals surface area contributed by atoms with E-state index in [9.17, 15) is 48.9 Å². The molecule has 0 spiro atoms. The molecule has 0 aromatic heterocycles. The van der Waals surface area contributed by atoms with Gasteiger partial charge in [-0.15, -0.1) is 0 Å². The van der Waals surface area contributed by atoms with Crippen molar-refractivity contribution in [2.45, 2.75) is 75.4 Å². The van der Waals surface area contributed by atoms with Gasteiger partial charge in [-0.2, -0.15) is 0 Å². The van der Waals surface area contributed by atoms with Crippen molar-refractivity contribution in [3.05, 3.63) is 0 Å². The van der Waals surface area contributed by atoms with Crippen LogP contribution in [-0.2, 0) is 37.0 Å². The van der Waals surface area contributed by atoms with Gasteiger partial charge >= 0.3 is 59.1 Å². The maximum Gasteiger partial charge on any atom is 1.00 e. The Kier molecular flexibility index (Phi) is 17.9. The van der Waals surface area contributed by atoms with Crippen molar-refractivity contribution in [1.29, 1.82) is 0 Å². The third-order valence-electron chi connectivity index (χ3n) is 6.43. The van der Waals surface area contributed by atoms with Gasteiger partial charge in [0.1, 0.15) is 19.8 Å². The first-order valence-corrected chi connectivity index (χ1v) is 15.3. The van der Waals surface area contributed by atoms with Gasteiger partial charge in [0.15, 0.2) is 0 Å². The second kappa shape index (κ2) is 17.5. The van der Waals surface area contributed by atoms with Gasteiger partial charge in [0.05, 0.1) is 49.7 Å². The summed E-state index contributed by atoms with van der Waals surface area (Å²) in [6, 6.07) is -2.61. The summed E-state index contributed by atoms with van der Waals surface area (Å²) >= 11 is 0. The molecule has 20 heteroatoms. The molecule has 2 fully saturated rings. The molecule has 0 aromatic rings. The second-order valence-corrected chi connectivity index (χ2v) is 12.8. The number of ether oxygens (including phenoxy) is 1. The number of nitrogens with one attached hydrogen (secondary N) is 2. The third kappa shape index (κ3) is 12.2. The first-order chi connectivity index (χ1) is 17.5. The molecule has 40 heavy (non-hydrogen) atoms. The predicted molar refractivity (Wildman–Crippen MR) is 124 cm³/mol. The van der Waals surface area contributed by atoms with Gasteiger partial charge in [0.2, 0.25) is 11.8 Å². The zero-order valence-corrected chi connectivity index (χ0v) is 29.2. The second-order valence-electron chi connectivity index (χ2n) is 9.66. The molecule has 0 heterocycles. The van der Waals surface area contributed by atoms with E-state index >= 15 is 0 Å². The normalized spacial score (nSPS) is 37.0. The summed E-state index contributed by atoms with van der Waals surface area (Å²) in [5.41, 5.74) is 0. The van der Waals surface area contributed by atoms with Crippen LogP contribution in [0.1, 0.15) is 26.7 Å². The van der Waals surface area contributed by atoms with Crippen LogP contribution in [0, 0.1) is 11.8 Å². The molecule has 0 saturated heterocycles. The average Bonchev–Trinajstić information content (AvgIpc) is 2.77. The Balaban J connectivity index is 0.00000760. The zero-order chi connectivity index (χ0) is 29.0. The molecule has 2 saturated carbocycles. The number of phosphoric acid groups is 1. The van der Waals surface area contributed by atoms with Gasteiger partial charge in [-0.1, -0.05) is 0 Å². The van der Waals surface area contributed by atoms with Crippen molar-refractivity contribution in [2.24, 2.45) is 11.8 Å². The molecule has 6 unspecified atom stereocenters. The van der Waals surface area contributed by atoms with Crippen LogP contribution in [0.15, 0.2) is 0 Å². The first kappa shape index (κ1) is 41.0. The number of amides is 2. The maximum absolute atomic E-state index is 12.7. The standard InChI is InChI=1S/C20H38N2O14P2.2Na/c1-9(23)21-15-13(35-37(4,29)30)6-12(18(26)19(15)27)8-34-38(31,32)36-14-5-11(7-33-3)17(25)20(28)16(14)22-10(2)24;;/h11-20,25-28H,5-8H2,1-4H3,(H,21,23)(H,22,24)(H,29,30)(H,31,32);;/q;2*+1/p-2/t11?,12?,13-,14-,15?,16?,17+,18+,19+,20+;;/m0../s1. The Morgan fingerprint density at radius 2 is 1.20 bits per heavy atom. The molecule has 16 nitrogen and oxygen atoms in total. The van der Waals surface area contributed by atoms with Gasteiger partial charge in [-0.25, -0.2) is 0 Å². The Hall–Kier alpha value is 1.000. The Labute approximate surface area is 276 Å². The van der Waals surface area contributed by atoms with Gasteiger partial charge < -0.3 is 63.7 Å². The van der Waals surface area contributed by atoms with Crippen LogP contribution in [0.4, 0.5) is 0 Å². The molecular weight excluding hydrogens is 600 g/mol. The van der Waals surface area contributed by atoms with Crippen molar-refractivity contribution in [1.82, 2.24) is 10.6 Å². The Morgan fingerprint density at radius 1 is 0.800 bits per heavy atom. The summed E-state index contributed by atoms with van der Waals surface area (Å²) in [4.78, 5) is 47.5. The molecule has 12 atom stereocenters. The van der Waals surface area contributed by atoms with Crippen LogP contribution in [0.2, 0.25) is 0 Å². The summed E-state index contributed by atoms with van der Waals surface area (Å²) < 4.78 is 44.5. The predicted octanol–water partition coefficient (Wildman–Crippen LogP) is -9.43. The van der Waals surface area contributed by atoms with Gasteiger partial charge in [-0.05, 0) is 12.8 Å². The van der Waals surface area contributed by atoms with E-state index in [2.05, 4.69) is 10.6 Å². The molecule has 0 radical (unpaired) electrons. The van der Waals surface area contributed by atoms with E-state index < -0.39 is 94.4 Å². The minimum Gasteiger partial charge on any atom is -0.779 e. The number of carbonyl (C=O) groups excluding carboxylic acids is 2. The van der Waals surface area contributed by atoms with Crippen LogP contribution in [0.3, 0.4) is 0 Å². The van der Waals surface area contributed by atoms with Crippen molar-refractivity contribution in [3.8, 4) is 0 Å². The maximum atomic E-state index is 12.7. The fourth-order valence-corrected chi connectivity index (χ4v) is 6.50. The number of rotatable bonds is 11. The van der Waals surface area contributed by atoms with E-state index in [1.54, 1.807) is 0 Å². The van der Waals surface area contributed by atoms with E-state index in [4.69, 9.17) is 18.3 Å². The van der Waals surface area contributed by atoms with E-state index in [1.165, 1.54) is 7.11 Å². The quantitative estimate of drug-likeness (QED) is 0.0910. The van der Waals surface area contributed by atoms with Crippen molar-refractivity contribution < 1.29 is 126 Å². The van der Waals surface area contributed by atoms with Crippen LogP contribution in [0.25, 0.3) is 0 Å². The fraction of sp³-hybridized carbons (Fsp3) is 0.900. The van der Waals surface area contributed by atoms with E-state index in [-0.39, 0.29) is 78.6 Å². The molecule has 222 valence electrons. The van der Waals surface area contributed by atoms with Crippen molar-refractivity contribution >= 4 is 27.2 Å². The van der Waals surface area contributed by atoms with Crippen LogP contribution >= 0.6 is 15.4 Å². The largest absolute Gasteiger partial charge is 1.00 e. The monoisotopic (exact) mass is 636 g/mol. The summed E-state index contributed by atoms with van der Waals surface area (Å²) in [5, 5.41) is 46.5. The SMILES string of the molecule is COCC1C[C@H](OP(=O)([O-])OCC2C[C@H](OP(C)(=O)[O-])C(NC(C)=O)[C@@H](O)[C@@H]2O)C(NC(C)=O)[C@@H](O)[C@@H]1O.[Na+].[Na+]. The molecule has 0 bridgehead atoms. The van der Waals surface area contributed by atoms with E-state index in [0.717, 1.165) is 20.5 Å². The minimum absolute atomic E-state index is 0. The summed E-state index contributed by atoms with van der Waals surface area (Å²) in [7, 11) is -8.22.